The van der Waals surface area contributed by atoms with E-state index < -0.39 is 6.10 Å². The van der Waals surface area contributed by atoms with Gasteiger partial charge < -0.3 is 9.52 Å². The van der Waals surface area contributed by atoms with Crippen LogP contribution in [0.2, 0.25) is 0 Å². The first kappa shape index (κ1) is 16.2. The molecule has 0 spiro atoms. The Bertz CT molecular complexity index is 597. The molecule has 0 aliphatic carbocycles. The van der Waals surface area contributed by atoms with E-state index in [4.69, 9.17) is 4.42 Å². The van der Waals surface area contributed by atoms with Crippen molar-refractivity contribution in [2.75, 3.05) is 26.7 Å². The van der Waals surface area contributed by atoms with Gasteiger partial charge in [0.1, 0.15) is 5.76 Å². The number of likely N-dealkylation sites (N-methyl/N-ethyl adjacent to an activating group) is 1. The van der Waals surface area contributed by atoms with Crippen molar-refractivity contribution in [1.82, 2.24) is 24.6 Å². The van der Waals surface area contributed by atoms with Crippen molar-refractivity contribution in [2.45, 2.75) is 38.6 Å². The zero-order valence-corrected chi connectivity index (χ0v) is 13.8. The molecule has 7 heteroatoms. The Morgan fingerprint density at radius 2 is 2.35 bits per heavy atom. The Morgan fingerprint density at radius 1 is 1.48 bits per heavy atom. The third-order valence-corrected chi connectivity index (χ3v) is 4.35. The smallest absolute Gasteiger partial charge is 0.208 e. The van der Waals surface area contributed by atoms with Crippen LogP contribution < -0.4 is 0 Å². The van der Waals surface area contributed by atoms with Gasteiger partial charge in [0.15, 0.2) is 0 Å². The molecule has 126 valence electrons. The van der Waals surface area contributed by atoms with Gasteiger partial charge in [0.25, 0.3) is 0 Å². The van der Waals surface area contributed by atoms with Gasteiger partial charge >= 0.3 is 0 Å². The fourth-order valence-electron chi connectivity index (χ4n) is 3.13. The summed E-state index contributed by atoms with van der Waals surface area (Å²) in [5, 5.41) is 14.3. The molecule has 23 heavy (non-hydrogen) atoms. The molecular weight excluding hydrogens is 294 g/mol. The van der Waals surface area contributed by atoms with Gasteiger partial charge in [0, 0.05) is 31.5 Å². The Morgan fingerprint density at radius 3 is 3.04 bits per heavy atom. The van der Waals surface area contributed by atoms with Crippen molar-refractivity contribution in [2.24, 2.45) is 0 Å². The molecule has 0 aromatic carbocycles. The molecular formula is C16H25N5O2. The maximum atomic E-state index is 10.2. The third kappa shape index (κ3) is 4.40. The number of rotatable bonds is 7. The lowest BCUT2D eigenvalue weighted by molar-refractivity contribution is 0.101. The Hall–Kier alpha value is -1.70. The molecule has 0 saturated carbocycles. The van der Waals surface area contributed by atoms with Crippen molar-refractivity contribution in [3.63, 3.8) is 0 Å². The van der Waals surface area contributed by atoms with Crippen molar-refractivity contribution >= 4 is 0 Å². The van der Waals surface area contributed by atoms with Crippen molar-refractivity contribution < 1.29 is 9.52 Å². The number of aliphatic hydroxyl groups excluding tert-OH is 1. The highest BCUT2D eigenvalue weighted by atomic mass is 16.4. The third-order valence-electron chi connectivity index (χ3n) is 4.35. The summed E-state index contributed by atoms with van der Waals surface area (Å²) in [6.45, 7) is 5.83. The van der Waals surface area contributed by atoms with Gasteiger partial charge in [-0.05, 0) is 33.0 Å². The zero-order chi connectivity index (χ0) is 16.2. The first-order chi connectivity index (χ1) is 11.1. The fraction of sp³-hybridized carbons (Fsp3) is 0.625. The lowest BCUT2D eigenvalue weighted by atomic mass is 10.2. The number of hydrogen-bond donors (Lipinski definition) is 1. The van der Waals surface area contributed by atoms with E-state index in [1.807, 2.05) is 19.2 Å². The summed E-state index contributed by atoms with van der Waals surface area (Å²) >= 11 is 0. The highest BCUT2D eigenvalue weighted by molar-refractivity contribution is 4.92. The average molecular weight is 319 g/mol. The van der Waals surface area contributed by atoms with E-state index in [9.17, 15) is 5.11 Å². The summed E-state index contributed by atoms with van der Waals surface area (Å²) in [6.07, 6.45) is 6.08. The van der Waals surface area contributed by atoms with E-state index in [1.165, 1.54) is 0 Å². The van der Waals surface area contributed by atoms with Crippen molar-refractivity contribution in [3.05, 3.63) is 36.3 Å². The molecule has 0 unspecified atom stereocenters. The number of aliphatic hydroxyl groups is 1. The van der Waals surface area contributed by atoms with Crippen LogP contribution in [0.15, 0.2) is 29.1 Å². The Kier molecular flexibility index (Phi) is 5.09. The van der Waals surface area contributed by atoms with Gasteiger partial charge in [-0.25, -0.2) is 4.98 Å². The van der Waals surface area contributed by atoms with E-state index >= 15 is 0 Å². The van der Waals surface area contributed by atoms with Gasteiger partial charge in [0.2, 0.25) is 5.89 Å². The Balaban J connectivity index is 1.44. The minimum absolute atomic E-state index is 0.395. The van der Waals surface area contributed by atoms with E-state index in [0.29, 0.717) is 19.1 Å². The zero-order valence-electron chi connectivity index (χ0n) is 13.8. The lowest BCUT2D eigenvalue weighted by Crippen LogP contribution is -2.37. The topological polar surface area (TPSA) is 70.6 Å². The molecule has 2 aromatic rings. The summed E-state index contributed by atoms with van der Waals surface area (Å²) in [4.78, 5) is 8.86. The van der Waals surface area contributed by atoms with Crippen molar-refractivity contribution in [3.8, 4) is 0 Å². The molecule has 0 radical (unpaired) electrons. The number of β-amino-alcohol motifs (C(OH)–C–C–N with tert-alkyl or cyclic N) is 1. The van der Waals surface area contributed by atoms with Crippen LogP contribution in [0.4, 0.5) is 0 Å². The van der Waals surface area contributed by atoms with Crippen LogP contribution in [0, 0.1) is 6.92 Å². The van der Waals surface area contributed by atoms with Crippen LogP contribution in [0.25, 0.3) is 0 Å². The summed E-state index contributed by atoms with van der Waals surface area (Å²) in [7, 11) is 2.11. The normalized spacial score (nSPS) is 20.4. The summed E-state index contributed by atoms with van der Waals surface area (Å²) in [5.41, 5.74) is 0. The number of oxazole rings is 1. The largest absolute Gasteiger partial charge is 0.445 e. The van der Waals surface area contributed by atoms with Gasteiger partial charge in [-0.2, -0.15) is 5.10 Å². The first-order valence-electron chi connectivity index (χ1n) is 8.09. The molecule has 3 heterocycles. The number of nitrogens with zero attached hydrogens (tertiary/aromatic N) is 5. The first-order valence-corrected chi connectivity index (χ1v) is 8.09. The second-order valence-corrected chi connectivity index (χ2v) is 6.36. The molecule has 1 saturated heterocycles. The highest BCUT2D eigenvalue weighted by Crippen LogP contribution is 2.17. The molecule has 1 aliphatic rings. The van der Waals surface area contributed by atoms with Crippen LogP contribution in [-0.4, -0.2) is 68.5 Å². The highest BCUT2D eigenvalue weighted by Gasteiger charge is 2.27. The molecule has 2 aromatic heterocycles. The molecule has 2 atom stereocenters. The number of hydrogen-bond acceptors (Lipinski definition) is 6. The molecule has 0 bridgehead atoms. The average Bonchev–Trinajstić information content (AvgIpc) is 3.22. The maximum absolute atomic E-state index is 10.2. The van der Waals surface area contributed by atoms with E-state index in [1.54, 1.807) is 17.1 Å². The molecule has 1 aliphatic heterocycles. The van der Waals surface area contributed by atoms with Crippen LogP contribution in [0.1, 0.15) is 18.1 Å². The van der Waals surface area contributed by atoms with Crippen molar-refractivity contribution in [1.29, 1.82) is 0 Å². The summed E-state index contributed by atoms with van der Waals surface area (Å²) < 4.78 is 7.32. The minimum atomic E-state index is -0.395. The molecule has 1 fully saturated rings. The predicted molar refractivity (Wildman–Crippen MR) is 85.8 cm³/mol. The van der Waals surface area contributed by atoms with E-state index in [-0.39, 0.29) is 0 Å². The number of aromatic nitrogens is 3. The van der Waals surface area contributed by atoms with Crippen LogP contribution in [0.5, 0.6) is 0 Å². The standard InChI is InChI=1S/C16H25N5O2/c1-13-8-17-16(23-13)12-19(2)14-4-7-20(9-14)10-15(22)11-21-6-3-5-18-21/h3,5-6,8,14-15,22H,4,7,9-12H2,1-2H3/t14-,15-/m1/s1. The van der Waals surface area contributed by atoms with Gasteiger partial charge in [-0.1, -0.05) is 0 Å². The molecule has 0 amide bonds. The van der Waals surface area contributed by atoms with Gasteiger partial charge in [-0.15, -0.1) is 0 Å². The number of aryl methyl sites for hydroxylation is 1. The second kappa shape index (κ2) is 7.25. The summed E-state index contributed by atoms with van der Waals surface area (Å²) in [6, 6.07) is 2.34. The Labute approximate surface area is 136 Å². The van der Waals surface area contributed by atoms with Crippen LogP contribution in [-0.2, 0) is 13.1 Å². The quantitative estimate of drug-likeness (QED) is 0.812. The van der Waals surface area contributed by atoms with Gasteiger partial charge in [0.05, 0.1) is 25.4 Å². The molecule has 1 N–H and O–H groups in total. The lowest BCUT2D eigenvalue weighted by Gasteiger charge is -2.24. The van der Waals surface area contributed by atoms with E-state index in [2.05, 4.69) is 26.9 Å². The monoisotopic (exact) mass is 319 g/mol. The SMILES string of the molecule is Cc1cnc(CN(C)[C@@H]2CCN(C[C@@H](O)Cn3cccn3)C2)o1. The van der Waals surface area contributed by atoms with Crippen LogP contribution in [0.3, 0.4) is 0 Å². The van der Waals surface area contributed by atoms with Crippen LogP contribution >= 0.6 is 0 Å². The number of likely N-dealkylation sites (tertiary alicyclic amines) is 1. The predicted octanol–water partition coefficient (Wildman–Crippen LogP) is 0.747. The van der Waals surface area contributed by atoms with Gasteiger partial charge in [-0.3, -0.25) is 14.5 Å². The fourth-order valence-corrected chi connectivity index (χ4v) is 3.13. The molecule has 7 nitrogen and oxygen atoms in total. The summed E-state index contributed by atoms with van der Waals surface area (Å²) in [5.74, 6) is 1.62. The van der Waals surface area contributed by atoms with E-state index in [0.717, 1.165) is 37.7 Å². The minimum Gasteiger partial charge on any atom is -0.445 e. The second-order valence-electron chi connectivity index (χ2n) is 6.36. The molecule has 3 rings (SSSR count). The maximum Gasteiger partial charge on any atom is 0.208 e.